The predicted octanol–water partition coefficient (Wildman–Crippen LogP) is 12.2. The van der Waals surface area contributed by atoms with Gasteiger partial charge in [0.2, 0.25) is 0 Å². The summed E-state index contributed by atoms with van der Waals surface area (Å²) in [5.74, 6) is 0. The summed E-state index contributed by atoms with van der Waals surface area (Å²) >= 11 is 0. The minimum absolute atomic E-state index is 0. The molecule has 0 atom stereocenters. The molecule has 0 aliphatic rings. The fourth-order valence-electron chi connectivity index (χ4n) is 5.16. The minimum Gasteiger partial charge on any atom is -0.302 e. The zero-order chi connectivity index (χ0) is 30.3. The van der Waals surface area contributed by atoms with Gasteiger partial charge in [-0.2, -0.15) is 4.31 Å². The van der Waals surface area contributed by atoms with Gasteiger partial charge in [0.25, 0.3) is 0 Å². The number of hydrogen-bond donors (Lipinski definition) is 2. The van der Waals surface area contributed by atoms with E-state index in [4.69, 9.17) is 18.8 Å². The summed E-state index contributed by atoms with van der Waals surface area (Å²) in [5, 5.41) is 0. The van der Waals surface area contributed by atoms with Crippen molar-refractivity contribution in [1.29, 1.82) is 0 Å². The van der Waals surface area contributed by atoms with Crippen LogP contribution in [0.4, 0.5) is 0 Å². The molecular formula is C32H68FeO7P2. The second-order valence-electron chi connectivity index (χ2n) is 11.9. The molecule has 0 radical (unpaired) electrons. The van der Waals surface area contributed by atoms with Gasteiger partial charge < -0.3 is 9.79 Å². The first-order chi connectivity index (χ1) is 19.8. The Morgan fingerprint density at radius 1 is 0.405 bits per heavy atom. The Bertz CT molecular complexity index is 596. The van der Waals surface area contributed by atoms with E-state index in [2.05, 4.69) is 18.2 Å². The Hall–Kier alpha value is 0.779. The van der Waals surface area contributed by atoms with E-state index in [-0.39, 0.29) is 30.3 Å². The van der Waals surface area contributed by atoms with Gasteiger partial charge in [0.15, 0.2) is 0 Å². The predicted molar refractivity (Wildman–Crippen MR) is 173 cm³/mol. The van der Waals surface area contributed by atoms with Crippen molar-refractivity contribution in [1.82, 2.24) is 0 Å². The van der Waals surface area contributed by atoms with Crippen LogP contribution in [0.2, 0.25) is 0 Å². The molecule has 0 rings (SSSR count). The number of unbranched alkanes of at least 4 members (excludes halogenated alkanes) is 26. The zero-order valence-electron chi connectivity index (χ0n) is 27.4. The number of rotatable bonds is 34. The Kier molecular flexibility index (Phi) is 35.4. The van der Waals surface area contributed by atoms with Gasteiger partial charge in [-0.05, 0) is 12.8 Å². The third-order valence-electron chi connectivity index (χ3n) is 7.70. The summed E-state index contributed by atoms with van der Waals surface area (Å²) in [6.45, 7) is 4.72. The van der Waals surface area contributed by atoms with Crippen molar-refractivity contribution in [2.24, 2.45) is 0 Å². The molecule has 0 saturated heterocycles. The number of phosphoric acid groups is 2. The average molecular weight is 683 g/mol. The largest absolute Gasteiger partial charge is 0.483 e. The van der Waals surface area contributed by atoms with Crippen LogP contribution in [0.3, 0.4) is 0 Å². The first kappa shape index (κ1) is 44.9. The van der Waals surface area contributed by atoms with Gasteiger partial charge in [-0.1, -0.05) is 181 Å². The molecule has 0 aromatic heterocycles. The van der Waals surface area contributed by atoms with Crippen molar-refractivity contribution in [2.45, 2.75) is 194 Å². The number of hydrogen-bond acceptors (Lipinski definition) is 5. The van der Waals surface area contributed by atoms with Gasteiger partial charge >= 0.3 is 15.6 Å². The van der Waals surface area contributed by atoms with Crippen LogP contribution in [-0.2, 0) is 39.6 Å². The summed E-state index contributed by atoms with van der Waals surface area (Å²) < 4.78 is 39.0. The normalized spacial score (nSPS) is 12.1. The molecule has 2 N–H and O–H groups in total. The first-order valence-corrected chi connectivity index (χ1v) is 20.5. The van der Waals surface area contributed by atoms with Crippen molar-refractivity contribution in [3.63, 3.8) is 0 Å². The van der Waals surface area contributed by atoms with Gasteiger partial charge in [-0.3, -0.25) is 9.05 Å². The van der Waals surface area contributed by atoms with Crippen LogP contribution in [0.1, 0.15) is 194 Å². The molecule has 0 spiro atoms. The molecule has 7 nitrogen and oxygen atoms in total. The van der Waals surface area contributed by atoms with Gasteiger partial charge in [0.1, 0.15) is 0 Å². The second-order valence-corrected chi connectivity index (χ2v) is 14.9. The van der Waals surface area contributed by atoms with Crippen LogP contribution in [0.25, 0.3) is 0 Å². The Morgan fingerprint density at radius 3 is 0.833 bits per heavy atom. The maximum Gasteiger partial charge on any atom is 0.483 e. The van der Waals surface area contributed by atoms with Gasteiger partial charge in [0.05, 0.1) is 13.2 Å². The fraction of sp³-hybridized carbons (Fsp3) is 1.00. The zero-order valence-corrected chi connectivity index (χ0v) is 30.3. The molecule has 42 heavy (non-hydrogen) atoms. The van der Waals surface area contributed by atoms with E-state index in [0.29, 0.717) is 12.8 Å². The minimum atomic E-state index is -4.98. The van der Waals surface area contributed by atoms with Crippen LogP contribution in [0.5, 0.6) is 0 Å². The van der Waals surface area contributed by atoms with Gasteiger partial charge in [0, 0.05) is 17.1 Å². The van der Waals surface area contributed by atoms with E-state index >= 15 is 0 Å². The molecular weight excluding hydrogens is 614 g/mol. The van der Waals surface area contributed by atoms with Crippen LogP contribution in [0, 0.1) is 0 Å². The van der Waals surface area contributed by atoms with E-state index in [0.717, 1.165) is 25.7 Å². The van der Waals surface area contributed by atoms with Crippen molar-refractivity contribution in [3.05, 3.63) is 0 Å². The molecule has 0 aliphatic heterocycles. The molecule has 0 aromatic rings. The standard InChI is InChI=1S/C32H68O7P2.Fe/c1-3-5-7-9-11-13-15-17-19-21-23-25-27-29-31-37-41(36,39-40(33,34)35)38-32-30-28-26-24-22-20-18-16-14-12-10-8-6-4-2;/h3-32H2,1-2H3,(H2,33,34,35);. The van der Waals surface area contributed by atoms with Crippen LogP contribution < -0.4 is 0 Å². The Balaban J connectivity index is 0. The quantitative estimate of drug-likeness (QED) is 0.0395. The molecule has 0 aromatic carbocycles. The molecule has 0 bridgehead atoms. The summed E-state index contributed by atoms with van der Waals surface area (Å²) in [7, 11) is -9.26. The molecule has 256 valence electrons. The third-order valence-corrected chi connectivity index (χ3v) is 10.3. The van der Waals surface area contributed by atoms with Crippen molar-refractivity contribution in [2.75, 3.05) is 13.2 Å². The summed E-state index contributed by atoms with van der Waals surface area (Å²) in [6.07, 6.45) is 34.3. The second kappa shape index (κ2) is 33.2. The van der Waals surface area contributed by atoms with Crippen molar-refractivity contribution in [3.8, 4) is 0 Å². The molecule has 0 saturated carbocycles. The summed E-state index contributed by atoms with van der Waals surface area (Å²) in [5.41, 5.74) is 0. The maximum atomic E-state index is 12.7. The Morgan fingerprint density at radius 2 is 0.619 bits per heavy atom. The smallest absolute Gasteiger partial charge is 0.302 e. The topological polar surface area (TPSA) is 102 Å². The van der Waals surface area contributed by atoms with Crippen molar-refractivity contribution < 1.29 is 49.3 Å². The van der Waals surface area contributed by atoms with Gasteiger partial charge in [-0.25, -0.2) is 9.13 Å². The molecule has 0 fully saturated rings. The van der Waals surface area contributed by atoms with Crippen molar-refractivity contribution >= 4 is 15.6 Å². The maximum absolute atomic E-state index is 12.7. The van der Waals surface area contributed by atoms with E-state index in [1.807, 2.05) is 0 Å². The third kappa shape index (κ3) is 35.3. The van der Waals surface area contributed by atoms with E-state index in [1.165, 1.54) is 141 Å². The SMILES string of the molecule is CCCCCCCCCCCCCCCCOP(=O)(OCCCCCCCCCCCCCCCC)OP(=O)(O)O.[Fe]. The summed E-state index contributed by atoms with van der Waals surface area (Å²) in [6, 6.07) is 0. The van der Waals surface area contributed by atoms with Gasteiger partial charge in [-0.15, -0.1) is 0 Å². The summed E-state index contributed by atoms with van der Waals surface area (Å²) in [4.78, 5) is 18.3. The van der Waals surface area contributed by atoms with E-state index in [1.54, 1.807) is 0 Å². The first-order valence-electron chi connectivity index (χ1n) is 17.5. The molecule has 0 heterocycles. The molecule has 10 heteroatoms. The molecule has 0 amide bonds. The fourth-order valence-corrected chi connectivity index (χ4v) is 7.36. The monoisotopic (exact) mass is 682 g/mol. The number of phosphoric ester groups is 1. The van der Waals surface area contributed by atoms with Crippen LogP contribution in [0.15, 0.2) is 0 Å². The van der Waals surface area contributed by atoms with E-state index in [9.17, 15) is 9.13 Å². The molecule has 0 aliphatic carbocycles. The van der Waals surface area contributed by atoms with E-state index < -0.39 is 15.6 Å². The van der Waals surface area contributed by atoms with Crippen LogP contribution in [-0.4, -0.2) is 23.0 Å². The molecule has 0 unspecified atom stereocenters. The Labute approximate surface area is 271 Å². The average Bonchev–Trinajstić information content (AvgIpc) is 2.92. The van der Waals surface area contributed by atoms with Crippen LogP contribution >= 0.6 is 15.6 Å².